The summed E-state index contributed by atoms with van der Waals surface area (Å²) in [6, 6.07) is 7.41. The highest BCUT2D eigenvalue weighted by molar-refractivity contribution is 7.93. The van der Waals surface area contributed by atoms with E-state index in [-0.39, 0.29) is 5.25 Å². The summed E-state index contributed by atoms with van der Waals surface area (Å²) >= 11 is 5.22. The average Bonchev–Trinajstić information content (AvgIpc) is 3.43. The summed E-state index contributed by atoms with van der Waals surface area (Å²) in [7, 11) is 0. The lowest BCUT2D eigenvalue weighted by Gasteiger charge is -2.11. The van der Waals surface area contributed by atoms with Gasteiger partial charge in [-0.15, -0.1) is 0 Å². The van der Waals surface area contributed by atoms with Crippen molar-refractivity contribution in [2.75, 3.05) is 4.72 Å². The van der Waals surface area contributed by atoms with Crippen molar-refractivity contribution in [2.45, 2.75) is 37.0 Å². The summed E-state index contributed by atoms with van der Waals surface area (Å²) < 4.78 is 20.6. The fourth-order valence-corrected chi connectivity index (χ4v) is 3.43. The maximum atomic E-state index is 11.9. The second-order valence-corrected chi connectivity index (χ2v) is 7.72. The van der Waals surface area contributed by atoms with Gasteiger partial charge in [-0.2, -0.15) is 4.72 Å². The first-order valence-corrected chi connectivity index (χ1v) is 9.24. The van der Waals surface area contributed by atoms with Crippen molar-refractivity contribution in [1.82, 2.24) is 9.97 Å². The SMILES string of the molecule is [O-][S+](Nc1cc(-c2ccc(OC3CC3)c(Cl)c2)ncn1)C1CC1. The van der Waals surface area contributed by atoms with E-state index in [9.17, 15) is 4.55 Å². The minimum absolute atomic E-state index is 0.252. The van der Waals surface area contributed by atoms with E-state index in [1.54, 1.807) is 6.07 Å². The molecule has 2 aromatic rings. The van der Waals surface area contributed by atoms with E-state index in [1.807, 2.05) is 18.2 Å². The topological polar surface area (TPSA) is 70.1 Å². The first-order valence-electron chi connectivity index (χ1n) is 7.65. The van der Waals surface area contributed by atoms with Gasteiger partial charge >= 0.3 is 0 Å². The smallest absolute Gasteiger partial charge is 0.174 e. The molecule has 5 nitrogen and oxygen atoms in total. The Kier molecular flexibility index (Phi) is 4.05. The van der Waals surface area contributed by atoms with Gasteiger partial charge in [0.15, 0.2) is 5.82 Å². The number of anilines is 1. The number of nitrogens with zero attached hydrogens (tertiary/aromatic N) is 2. The van der Waals surface area contributed by atoms with Crippen molar-refractivity contribution >= 4 is 28.8 Å². The average molecular weight is 350 g/mol. The van der Waals surface area contributed by atoms with Crippen molar-refractivity contribution in [3.05, 3.63) is 35.6 Å². The monoisotopic (exact) mass is 349 g/mol. The van der Waals surface area contributed by atoms with E-state index in [4.69, 9.17) is 16.3 Å². The van der Waals surface area contributed by atoms with Gasteiger partial charge in [0.1, 0.15) is 17.3 Å². The summed E-state index contributed by atoms with van der Waals surface area (Å²) in [6.07, 6.45) is 5.98. The molecular weight excluding hydrogens is 334 g/mol. The Bertz CT molecular complexity index is 722. The number of aromatic nitrogens is 2. The van der Waals surface area contributed by atoms with Crippen LogP contribution in [0, 0.1) is 0 Å². The van der Waals surface area contributed by atoms with Gasteiger partial charge in [-0.25, -0.2) is 9.97 Å². The molecule has 1 aromatic carbocycles. The largest absolute Gasteiger partial charge is 0.593 e. The summed E-state index contributed by atoms with van der Waals surface area (Å²) in [4.78, 5) is 8.40. The maximum Gasteiger partial charge on any atom is 0.174 e. The quantitative estimate of drug-likeness (QED) is 0.807. The number of nitrogens with one attached hydrogen (secondary N) is 1. The normalized spacial score (nSPS) is 18.5. The van der Waals surface area contributed by atoms with Crippen LogP contribution < -0.4 is 9.46 Å². The van der Waals surface area contributed by atoms with Gasteiger partial charge in [-0.05, 0) is 31.0 Å². The molecule has 4 rings (SSSR count). The van der Waals surface area contributed by atoms with Crippen molar-refractivity contribution in [2.24, 2.45) is 0 Å². The summed E-state index contributed by atoms with van der Waals surface area (Å²) in [5.74, 6) is 1.27. The third-order valence-electron chi connectivity index (χ3n) is 3.75. The van der Waals surface area contributed by atoms with Crippen LogP contribution in [0.3, 0.4) is 0 Å². The van der Waals surface area contributed by atoms with Crippen LogP contribution >= 0.6 is 11.6 Å². The van der Waals surface area contributed by atoms with Crippen LogP contribution in [-0.4, -0.2) is 25.9 Å². The van der Waals surface area contributed by atoms with Gasteiger partial charge in [0.25, 0.3) is 0 Å². The van der Waals surface area contributed by atoms with Crippen molar-refractivity contribution < 1.29 is 9.29 Å². The lowest BCUT2D eigenvalue weighted by Crippen LogP contribution is -2.18. The Morgan fingerprint density at radius 3 is 2.70 bits per heavy atom. The Balaban J connectivity index is 1.53. The zero-order chi connectivity index (χ0) is 15.8. The molecule has 1 atom stereocenters. The van der Waals surface area contributed by atoms with Crippen molar-refractivity contribution in [3.63, 3.8) is 0 Å². The predicted molar refractivity (Wildman–Crippen MR) is 90.9 cm³/mol. The maximum absolute atomic E-state index is 11.9. The van der Waals surface area contributed by atoms with Gasteiger partial charge in [-0.3, -0.25) is 0 Å². The first-order chi connectivity index (χ1) is 11.2. The van der Waals surface area contributed by atoms with E-state index in [1.165, 1.54) is 6.33 Å². The van der Waals surface area contributed by atoms with Crippen molar-refractivity contribution in [3.8, 4) is 17.0 Å². The number of halogens is 1. The lowest BCUT2D eigenvalue weighted by molar-refractivity contribution is 0.303. The first kappa shape index (κ1) is 15.1. The minimum Gasteiger partial charge on any atom is -0.593 e. The van der Waals surface area contributed by atoms with E-state index < -0.39 is 11.4 Å². The molecule has 1 aromatic heterocycles. The fraction of sp³-hybridized carbons (Fsp3) is 0.375. The zero-order valence-electron chi connectivity index (χ0n) is 12.4. The molecule has 1 heterocycles. The van der Waals surface area contributed by atoms with Crippen LogP contribution in [0.15, 0.2) is 30.6 Å². The molecule has 0 amide bonds. The fourth-order valence-electron chi connectivity index (χ4n) is 2.16. The molecule has 1 N–H and O–H groups in total. The van der Waals surface area contributed by atoms with Crippen LogP contribution in [0.2, 0.25) is 5.02 Å². The molecule has 0 radical (unpaired) electrons. The highest BCUT2D eigenvalue weighted by Gasteiger charge is 2.35. The number of hydrogen-bond donors (Lipinski definition) is 1. The molecular formula is C16H16ClN3O2S. The zero-order valence-corrected chi connectivity index (χ0v) is 13.9. The third-order valence-corrected chi connectivity index (χ3v) is 5.53. The molecule has 0 bridgehead atoms. The van der Waals surface area contributed by atoms with Gasteiger partial charge < -0.3 is 9.29 Å². The van der Waals surface area contributed by atoms with Gasteiger partial charge in [0, 0.05) is 24.5 Å². The Morgan fingerprint density at radius 2 is 2.00 bits per heavy atom. The van der Waals surface area contributed by atoms with Crippen LogP contribution in [0.4, 0.5) is 5.82 Å². The van der Waals surface area contributed by atoms with E-state index in [2.05, 4.69) is 14.7 Å². The lowest BCUT2D eigenvalue weighted by atomic mass is 10.1. The van der Waals surface area contributed by atoms with Crippen LogP contribution in [-0.2, 0) is 11.4 Å². The molecule has 0 spiro atoms. The molecule has 0 saturated heterocycles. The van der Waals surface area contributed by atoms with Crippen LogP contribution in [0.25, 0.3) is 11.3 Å². The highest BCUT2D eigenvalue weighted by atomic mass is 35.5. The molecule has 0 aliphatic heterocycles. The Morgan fingerprint density at radius 1 is 1.17 bits per heavy atom. The van der Waals surface area contributed by atoms with E-state index in [0.29, 0.717) is 22.7 Å². The number of benzene rings is 1. The number of ether oxygens (including phenoxy) is 1. The van der Waals surface area contributed by atoms with Crippen LogP contribution in [0.5, 0.6) is 5.75 Å². The molecule has 2 saturated carbocycles. The molecule has 7 heteroatoms. The Hall–Kier alpha value is -1.50. The highest BCUT2D eigenvalue weighted by Crippen LogP contribution is 2.35. The van der Waals surface area contributed by atoms with Gasteiger partial charge in [0.05, 0.1) is 28.2 Å². The van der Waals surface area contributed by atoms with E-state index in [0.717, 1.165) is 36.9 Å². The molecule has 2 aliphatic rings. The summed E-state index contributed by atoms with van der Waals surface area (Å²) in [5, 5.41) is 0.825. The summed E-state index contributed by atoms with van der Waals surface area (Å²) in [5.41, 5.74) is 1.61. The summed E-state index contributed by atoms with van der Waals surface area (Å²) in [6.45, 7) is 0. The van der Waals surface area contributed by atoms with Gasteiger partial charge in [0.2, 0.25) is 0 Å². The van der Waals surface area contributed by atoms with Crippen molar-refractivity contribution in [1.29, 1.82) is 0 Å². The number of rotatable bonds is 6. The van der Waals surface area contributed by atoms with Crippen LogP contribution in [0.1, 0.15) is 25.7 Å². The standard InChI is InChI=1S/C16H16ClN3O2S/c17-13-7-10(1-6-15(13)22-11-2-3-11)14-8-16(19-9-18-14)20-23(21)12-4-5-12/h1,6-9,11-12H,2-5H2,(H,18,19,20). The molecule has 2 fully saturated rings. The number of hydrogen-bond acceptors (Lipinski definition) is 5. The molecule has 2 aliphatic carbocycles. The molecule has 120 valence electrons. The predicted octanol–water partition coefficient (Wildman–Crippen LogP) is 3.58. The van der Waals surface area contributed by atoms with Gasteiger partial charge in [-0.1, -0.05) is 11.6 Å². The minimum atomic E-state index is -1.07. The Labute approximate surface area is 142 Å². The second-order valence-electron chi connectivity index (χ2n) is 5.85. The second kappa shape index (κ2) is 6.19. The molecule has 1 unspecified atom stereocenters. The molecule has 23 heavy (non-hydrogen) atoms. The third kappa shape index (κ3) is 3.71. The van der Waals surface area contributed by atoms with E-state index >= 15 is 0 Å².